The molecule has 0 atom stereocenters. The van der Waals surface area contributed by atoms with Gasteiger partial charge in [-0.15, -0.1) is 0 Å². The third-order valence-corrected chi connectivity index (χ3v) is 3.80. The molecule has 0 radical (unpaired) electrons. The predicted octanol–water partition coefficient (Wildman–Crippen LogP) is 2.78. The van der Waals surface area contributed by atoms with Crippen molar-refractivity contribution in [2.24, 2.45) is 5.41 Å². The van der Waals surface area contributed by atoms with E-state index in [2.05, 4.69) is 17.2 Å². The maximum atomic E-state index is 11.7. The average Bonchev–Trinajstić information content (AvgIpc) is 3.17. The molecule has 1 aliphatic rings. The number of nitrogens with one attached hydrogen (secondary N) is 1. The van der Waals surface area contributed by atoms with Gasteiger partial charge in [0.2, 0.25) is 0 Å². The third kappa shape index (κ3) is 3.46. The zero-order chi connectivity index (χ0) is 13.9. The Balaban J connectivity index is 1.90. The summed E-state index contributed by atoms with van der Waals surface area (Å²) in [6.07, 6.45) is 6.82. The fourth-order valence-corrected chi connectivity index (χ4v) is 2.38. The molecule has 0 aromatic carbocycles. The van der Waals surface area contributed by atoms with Crippen LogP contribution >= 0.6 is 0 Å². The second-order valence-electron chi connectivity index (χ2n) is 5.74. The smallest absolute Gasteiger partial charge is 0.254 e. The van der Waals surface area contributed by atoms with Crippen molar-refractivity contribution in [2.75, 3.05) is 26.0 Å². The first-order valence-electron chi connectivity index (χ1n) is 6.98. The molecule has 1 N–H and O–H groups in total. The average molecular weight is 261 g/mol. The molecule has 4 nitrogen and oxygen atoms in total. The summed E-state index contributed by atoms with van der Waals surface area (Å²) in [4.78, 5) is 17.6. The lowest BCUT2D eigenvalue weighted by Gasteiger charge is -2.15. The van der Waals surface area contributed by atoms with E-state index < -0.39 is 0 Å². The van der Waals surface area contributed by atoms with Crippen molar-refractivity contribution < 1.29 is 4.79 Å². The number of nitrogens with zero attached hydrogens (tertiary/aromatic N) is 2. The fraction of sp³-hybridized carbons (Fsp3) is 0.600. The van der Waals surface area contributed by atoms with Crippen molar-refractivity contribution in [1.82, 2.24) is 9.88 Å². The van der Waals surface area contributed by atoms with E-state index in [0.717, 1.165) is 12.4 Å². The van der Waals surface area contributed by atoms with E-state index in [4.69, 9.17) is 0 Å². The summed E-state index contributed by atoms with van der Waals surface area (Å²) in [6, 6.07) is 3.72. The monoisotopic (exact) mass is 261 g/mol. The van der Waals surface area contributed by atoms with E-state index in [1.54, 1.807) is 25.2 Å². The molecule has 1 aromatic heterocycles. The Morgan fingerprint density at radius 1 is 1.42 bits per heavy atom. The molecule has 1 saturated carbocycles. The molecule has 0 spiro atoms. The number of hydrogen-bond donors (Lipinski definition) is 1. The van der Waals surface area contributed by atoms with Gasteiger partial charge in [0.1, 0.15) is 5.82 Å². The number of carbonyl (C=O) groups excluding carboxylic acids is 1. The molecule has 0 bridgehead atoms. The molecule has 2 rings (SSSR count). The quantitative estimate of drug-likeness (QED) is 0.856. The first-order chi connectivity index (χ1) is 9.06. The molecule has 104 valence electrons. The SMILES string of the molecule is CCCC1(CNc2ccc(C(=O)N(C)C)cn2)CC1. The minimum absolute atomic E-state index is 0.0105. The second-order valence-corrected chi connectivity index (χ2v) is 5.74. The van der Waals surface area contributed by atoms with Crippen molar-refractivity contribution in [3.05, 3.63) is 23.9 Å². The second kappa shape index (κ2) is 5.59. The molecule has 0 aliphatic heterocycles. The normalized spacial score (nSPS) is 15.9. The summed E-state index contributed by atoms with van der Waals surface area (Å²) in [6.45, 7) is 3.23. The van der Waals surface area contributed by atoms with Crippen molar-refractivity contribution in [3.63, 3.8) is 0 Å². The molecule has 19 heavy (non-hydrogen) atoms. The van der Waals surface area contributed by atoms with Crippen LogP contribution < -0.4 is 5.32 Å². The van der Waals surface area contributed by atoms with Gasteiger partial charge in [0.25, 0.3) is 5.91 Å². The highest BCUT2D eigenvalue weighted by atomic mass is 16.2. The number of anilines is 1. The molecular formula is C15H23N3O. The molecule has 4 heteroatoms. The van der Waals surface area contributed by atoms with E-state index >= 15 is 0 Å². The molecule has 0 saturated heterocycles. The lowest BCUT2D eigenvalue weighted by molar-refractivity contribution is 0.0827. The molecule has 1 amide bonds. The Labute approximate surface area is 115 Å². The summed E-state index contributed by atoms with van der Waals surface area (Å²) in [5, 5.41) is 3.39. The highest BCUT2D eigenvalue weighted by Crippen LogP contribution is 2.49. The summed E-state index contributed by atoms with van der Waals surface area (Å²) in [5.41, 5.74) is 1.14. The highest BCUT2D eigenvalue weighted by molar-refractivity contribution is 5.93. The highest BCUT2D eigenvalue weighted by Gasteiger charge is 2.41. The summed E-state index contributed by atoms with van der Waals surface area (Å²) in [5.74, 6) is 0.849. The lowest BCUT2D eigenvalue weighted by atomic mass is 10.0. The maximum Gasteiger partial charge on any atom is 0.254 e. The Morgan fingerprint density at radius 2 is 2.16 bits per heavy atom. The van der Waals surface area contributed by atoms with Crippen molar-refractivity contribution >= 4 is 11.7 Å². The van der Waals surface area contributed by atoms with Gasteiger partial charge in [-0.05, 0) is 36.8 Å². The standard InChI is InChI=1S/C15H23N3O/c1-4-7-15(8-9-15)11-17-13-6-5-12(10-16-13)14(19)18(2)3/h5-6,10H,4,7-9,11H2,1-3H3,(H,16,17). The Bertz CT molecular complexity index is 435. The summed E-state index contributed by atoms with van der Waals surface area (Å²) in [7, 11) is 3.49. The summed E-state index contributed by atoms with van der Waals surface area (Å²) >= 11 is 0. The number of amides is 1. The predicted molar refractivity (Wildman–Crippen MR) is 77.3 cm³/mol. The van der Waals surface area contributed by atoms with Gasteiger partial charge in [0.15, 0.2) is 0 Å². The first kappa shape index (κ1) is 13.8. The zero-order valence-corrected chi connectivity index (χ0v) is 12.1. The Hall–Kier alpha value is -1.58. The molecule has 0 unspecified atom stereocenters. The summed E-state index contributed by atoms with van der Waals surface area (Å²) < 4.78 is 0. The van der Waals surface area contributed by atoms with Gasteiger partial charge < -0.3 is 10.2 Å². The lowest BCUT2D eigenvalue weighted by Crippen LogP contribution is -2.22. The van der Waals surface area contributed by atoms with Gasteiger partial charge in [-0.3, -0.25) is 4.79 Å². The Morgan fingerprint density at radius 3 is 2.63 bits per heavy atom. The van der Waals surface area contributed by atoms with Crippen LogP contribution in [0.4, 0.5) is 5.82 Å². The van der Waals surface area contributed by atoms with Crippen molar-refractivity contribution in [1.29, 1.82) is 0 Å². The van der Waals surface area contributed by atoms with Crippen LogP contribution in [0.3, 0.4) is 0 Å². The van der Waals surface area contributed by atoms with Crippen molar-refractivity contribution in [3.8, 4) is 0 Å². The molecule has 1 aromatic rings. The van der Waals surface area contributed by atoms with Crippen LogP contribution in [-0.4, -0.2) is 36.4 Å². The van der Waals surface area contributed by atoms with Crippen LogP contribution in [0.15, 0.2) is 18.3 Å². The van der Waals surface area contributed by atoms with Gasteiger partial charge in [0, 0.05) is 26.8 Å². The molecule has 1 heterocycles. The van der Waals surface area contributed by atoms with E-state index in [9.17, 15) is 4.79 Å². The van der Waals surface area contributed by atoms with Crippen molar-refractivity contribution in [2.45, 2.75) is 32.6 Å². The zero-order valence-electron chi connectivity index (χ0n) is 12.1. The van der Waals surface area contributed by atoms with E-state index in [-0.39, 0.29) is 5.91 Å². The maximum absolute atomic E-state index is 11.7. The largest absolute Gasteiger partial charge is 0.370 e. The van der Waals surface area contributed by atoms with Crippen LogP contribution in [0.1, 0.15) is 43.0 Å². The number of carbonyl (C=O) groups is 1. The fourth-order valence-electron chi connectivity index (χ4n) is 2.38. The minimum atomic E-state index is -0.0105. The molecule has 1 aliphatic carbocycles. The van der Waals surface area contributed by atoms with Gasteiger partial charge in [-0.1, -0.05) is 13.3 Å². The van der Waals surface area contributed by atoms with E-state index in [0.29, 0.717) is 11.0 Å². The van der Waals surface area contributed by atoms with Gasteiger partial charge in [0.05, 0.1) is 5.56 Å². The van der Waals surface area contributed by atoms with Gasteiger partial charge in [-0.2, -0.15) is 0 Å². The third-order valence-electron chi connectivity index (χ3n) is 3.80. The molecular weight excluding hydrogens is 238 g/mol. The van der Waals surface area contributed by atoms with Crippen LogP contribution in [0.2, 0.25) is 0 Å². The van der Waals surface area contributed by atoms with Crippen LogP contribution in [0, 0.1) is 5.41 Å². The van der Waals surface area contributed by atoms with Crippen LogP contribution in [-0.2, 0) is 0 Å². The number of pyridine rings is 1. The van der Waals surface area contributed by atoms with Gasteiger partial charge >= 0.3 is 0 Å². The number of hydrogen-bond acceptors (Lipinski definition) is 3. The van der Waals surface area contributed by atoms with Gasteiger partial charge in [-0.25, -0.2) is 4.98 Å². The van der Waals surface area contributed by atoms with Crippen LogP contribution in [0.5, 0.6) is 0 Å². The van der Waals surface area contributed by atoms with E-state index in [1.807, 2.05) is 12.1 Å². The van der Waals surface area contributed by atoms with Crippen LogP contribution in [0.25, 0.3) is 0 Å². The van der Waals surface area contributed by atoms with E-state index in [1.165, 1.54) is 25.7 Å². The molecule has 1 fully saturated rings. The Kier molecular flexibility index (Phi) is 4.08. The topological polar surface area (TPSA) is 45.2 Å². The minimum Gasteiger partial charge on any atom is -0.370 e. The number of rotatable bonds is 6. The first-order valence-corrected chi connectivity index (χ1v) is 6.98. The number of aromatic nitrogens is 1.